The molecule has 1 aliphatic rings. The minimum absolute atomic E-state index is 0.0292. The number of benzene rings is 3. The molecule has 1 amide bonds. The Hall–Kier alpha value is -4.96. The fourth-order valence-electron chi connectivity index (χ4n) is 4.76. The van der Waals surface area contributed by atoms with Crippen LogP contribution >= 0.6 is 0 Å². The van der Waals surface area contributed by atoms with Crippen LogP contribution in [0, 0.1) is 0 Å². The van der Waals surface area contributed by atoms with E-state index in [1.54, 1.807) is 35.9 Å². The molecule has 10 heteroatoms. The number of aromatic nitrogens is 3. The molecular formula is C32H33N5O5. The van der Waals surface area contributed by atoms with Crippen LogP contribution in [0.4, 0.5) is 11.6 Å². The van der Waals surface area contributed by atoms with Crippen LogP contribution in [0.1, 0.15) is 53.6 Å². The van der Waals surface area contributed by atoms with Crippen LogP contribution in [-0.4, -0.2) is 45.0 Å². The monoisotopic (exact) mass is 567 g/mol. The second kappa shape index (κ2) is 13.1. The fraction of sp³-hybridized carbons (Fsp3) is 0.250. The maximum Gasteiger partial charge on any atom is 0.338 e. The third kappa shape index (κ3) is 6.50. The number of aliphatic hydroxyl groups is 1. The Labute approximate surface area is 244 Å². The van der Waals surface area contributed by atoms with Crippen LogP contribution in [-0.2, 0) is 22.6 Å². The molecule has 2 heterocycles. The van der Waals surface area contributed by atoms with Crippen molar-refractivity contribution >= 4 is 23.5 Å². The zero-order chi connectivity index (χ0) is 29.5. The summed E-state index contributed by atoms with van der Waals surface area (Å²) in [6, 6.07) is 23.5. The number of ether oxygens (including phenoxy) is 2. The van der Waals surface area contributed by atoms with E-state index in [0.717, 1.165) is 11.1 Å². The van der Waals surface area contributed by atoms with E-state index in [1.807, 2.05) is 61.5 Å². The summed E-state index contributed by atoms with van der Waals surface area (Å²) in [4.78, 5) is 30.5. The predicted molar refractivity (Wildman–Crippen MR) is 158 cm³/mol. The largest absolute Gasteiger partial charge is 0.489 e. The Morgan fingerprint density at radius 3 is 2.57 bits per heavy atom. The SMILES string of the molecule is CCOC(=O)c1ccc(NC(=O)C2=C(C)Nc3nc(CCCO)nn3C2c2cccc(OCc3ccccc3)c2)cc1. The molecule has 1 atom stereocenters. The Balaban J connectivity index is 1.45. The van der Waals surface area contributed by atoms with Crippen molar-refractivity contribution in [3.05, 3.63) is 113 Å². The summed E-state index contributed by atoms with van der Waals surface area (Å²) in [6.45, 7) is 4.29. The molecule has 0 aliphatic carbocycles. The molecule has 3 aromatic carbocycles. The number of aliphatic hydroxyl groups excluding tert-OH is 1. The number of carbonyl (C=O) groups excluding carboxylic acids is 2. The van der Waals surface area contributed by atoms with Crippen molar-refractivity contribution in [2.45, 2.75) is 39.3 Å². The number of carbonyl (C=O) groups is 2. The van der Waals surface area contributed by atoms with Crippen molar-refractivity contribution in [1.82, 2.24) is 14.8 Å². The van der Waals surface area contributed by atoms with E-state index >= 15 is 0 Å². The first kappa shape index (κ1) is 28.6. The lowest BCUT2D eigenvalue weighted by molar-refractivity contribution is -0.113. The highest BCUT2D eigenvalue weighted by atomic mass is 16.5. The molecule has 0 fully saturated rings. The second-order valence-electron chi connectivity index (χ2n) is 9.79. The van der Waals surface area contributed by atoms with Crippen LogP contribution in [0.25, 0.3) is 0 Å². The van der Waals surface area contributed by atoms with Gasteiger partial charge in [0.2, 0.25) is 5.95 Å². The van der Waals surface area contributed by atoms with E-state index in [-0.39, 0.29) is 19.1 Å². The number of hydrogen-bond donors (Lipinski definition) is 3. The fourth-order valence-corrected chi connectivity index (χ4v) is 4.76. The Kier molecular flexibility index (Phi) is 8.93. The van der Waals surface area contributed by atoms with Crippen LogP contribution in [0.2, 0.25) is 0 Å². The quantitative estimate of drug-likeness (QED) is 0.219. The van der Waals surface area contributed by atoms with Gasteiger partial charge in [-0.2, -0.15) is 10.1 Å². The Bertz CT molecular complexity index is 1580. The number of amides is 1. The van der Waals surface area contributed by atoms with Gasteiger partial charge in [0.15, 0.2) is 5.82 Å². The molecule has 0 saturated heterocycles. The smallest absolute Gasteiger partial charge is 0.338 e. The van der Waals surface area contributed by atoms with E-state index in [9.17, 15) is 14.7 Å². The van der Waals surface area contributed by atoms with E-state index in [4.69, 9.17) is 14.6 Å². The molecule has 10 nitrogen and oxygen atoms in total. The second-order valence-corrected chi connectivity index (χ2v) is 9.79. The number of allylic oxidation sites excluding steroid dienone is 1. The molecule has 0 saturated carbocycles. The number of anilines is 2. The van der Waals surface area contributed by atoms with Gasteiger partial charge in [-0.05, 0) is 67.8 Å². The third-order valence-electron chi connectivity index (χ3n) is 6.78. The summed E-state index contributed by atoms with van der Waals surface area (Å²) in [6.07, 6.45) is 1.02. The molecule has 5 rings (SSSR count). The molecule has 1 aromatic heterocycles. The van der Waals surface area contributed by atoms with E-state index in [1.165, 1.54) is 0 Å². The molecule has 1 unspecified atom stereocenters. The molecule has 42 heavy (non-hydrogen) atoms. The van der Waals surface area contributed by atoms with Crippen molar-refractivity contribution in [3.8, 4) is 5.75 Å². The van der Waals surface area contributed by atoms with Gasteiger partial charge in [-0.1, -0.05) is 42.5 Å². The average Bonchev–Trinajstić information content (AvgIpc) is 3.41. The zero-order valence-corrected chi connectivity index (χ0v) is 23.5. The molecule has 4 aromatic rings. The molecule has 1 aliphatic heterocycles. The summed E-state index contributed by atoms with van der Waals surface area (Å²) in [5, 5.41) is 20.2. The van der Waals surface area contributed by atoms with Gasteiger partial charge in [0, 0.05) is 24.4 Å². The summed E-state index contributed by atoms with van der Waals surface area (Å²) >= 11 is 0. The topological polar surface area (TPSA) is 128 Å². The van der Waals surface area contributed by atoms with Gasteiger partial charge in [0.05, 0.1) is 17.7 Å². The van der Waals surface area contributed by atoms with Gasteiger partial charge in [-0.25, -0.2) is 9.48 Å². The van der Waals surface area contributed by atoms with Crippen LogP contribution in [0.15, 0.2) is 90.1 Å². The first-order chi connectivity index (χ1) is 20.5. The lowest BCUT2D eigenvalue weighted by atomic mass is 9.94. The lowest BCUT2D eigenvalue weighted by Crippen LogP contribution is -2.31. The molecule has 0 bridgehead atoms. The van der Waals surface area contributed by atoms with Crippen molar-refractivity contribution in [1.29, 1.82) is 0 Å². The molecular weight excluding hydrogens is 534 g/mol. The number of rotatable bonds is 11. The Morgan fingerprint density at radius 1 is 1.05 bits per heavy atom. The summed E-state index contributed by atoms with van der Waals surface area (Å²) in [5.41, 5.74) is 3.85. The number of aryl methyl sites for hydroxylation is 1. The molecule has 0 radical (unpaired) electrons. The van der Waals surface area contributed by atoms with Crippen molar-refractivity contribution in [2.75, 3.05) is 23.8 Å². The van der Waals surface area contributed by atoms with Gasteiger partial charge in [-0.15, -0.1) is 0 Å². The summed E-state index contributed by atoms with van der Waals surface area (Å²) in [5.74, 6) is 0.982. The van der Waals surface area contributed by atoms with E-state index in [2.05, 4.69) is 15.6 Å². The number of nitrogens with zero attached hydrogens (tertiary/aromatic N) is 3. The summed E-state index contributed by atoms with van der Waals surface area (Å²) in [7, 11) is 0. The highest BCUT2D eigenvalue weighted by molar-refractivity contribution is 6.06. The van der Waals surface area contributed by atoms with E-state index in [0.29, 0.717) is 59.5 Å². The van der Waals surface area contributed by atoms with Crippen molar-refractivity contribution < 1.29 is 24.2 Å². The zero-order valence-electron chi connectivity index (χ0n) is 23.5. The van der Waals surface area contributed by atoms with Gasteiger partial charge < -0.3 is 25.2 Å². The number of hydrogen-bond acceptors (Lipinski definition) is 8. The maximum atomic E-state index is 13.8. The van der Waals surface area contributed by atoms with Gasteiger partial charge in [0.1, 0.15) is 18.4 Å². The maximum absolute atomic E-state index is 13.8. The Morgan fingerprint density at radius 2 is 1.83 bits per heavy atom. The first-order valence-corrected chi connectivity index (χ1v) is 13.9. The summed E-state index contributed by atoms with van der Waals surface area (Å²) < 4.78 is 12.8. The van der Waals surface area contributed by atoms with Gasteiger partial charge in [0.25, 0.3) is 5.91 Å². The molecule has 3 N–H and O–H groups in total. The number of fused-ring (bicyclic) bond motifs is 1. The van der Waals surface area contributed by atoms with E-state index < -0.39 is 12.0 Å². The normalized spacial score (nSPS) is 14.1. The highest BCUT2D eigenvalue weighted by Crippen LogP contribution is 2.37. The van der Waals surface area contributed by atoms with Crippen LogP contribution in [0.5, 0.6) is 5.75 Å². The minimum atomic E-state index is -0.601. The average molecular weight is 568 g/mol. The van der Waals surface area contributed by atoms with Gasteiger partial charge in [-0.3, -0.25) is 4.79 Å². The molecule has 216 valence electrons. The molecule has 0 spiro atoms. The van der Waals surface area contributed by atoms with Crippen LogP contribution in [0.3, 0.4) is 0 Å². The lowest BCUT2D eigenvalue weighted by Gasteiger charge is -2.29. The van der Waals surface area contributed by atoms with Crippen molar-refractivity contribution in [2.24, 2.45) is 0 Å². The first-order valence-electron chi connectivity index (χ1n) is 13.9. The number of esters is 1. The van der Waals surface area contributed by atoms with Crippen molar-refractivity contribution in [3.63, 3.8) is 0 Å². The third-order valence-corrected chi connectivity index (χ3v) is 6.78. The van der Waals surface area contributed by atoms with Gasteiger partial charge >= 0.3 is 5.97 Å². The standard InChI is InChI=1S/C32H33N5O5/c1-3-41-31(40)23-14-16-25(17-15-23)34-30(39)28-21(2)33-32-35-27(13-8-18-38)36-37(32)29(28)24-11-7-12-26(19-24)42-20-22-9-5-4-6-10-22/h4-7,9-12,14-17,19,29,38H,3,8,13,18,20H2,1-2H3,(H,34,39)(H,33,35,36). The van der Waals surface area contributed by atoms with Crippen LogP contribution < -0.4 is 15.4 Å². The predicted octanol–water partition coefficient (Wildman–Crippen LogP) is 4.89. The minimum Gasteiger partial charge on any atom is -0.489 e. The highest BCUT2D eigenvalue weighted by Gasteiger charge is 2.34. The number of nitrogens with one attached hydrogen (secondary N) is 2.